The monoisotopic (exact) mass is 537 g/mol. The van der Waals surface area contributed by atoms with Crippen LogP contribution in [0, 0.1) is 0 Å². The highest BCUT2D eigenvalue weighted by Crippen LogP contribution is 2.39. The van der Waals surface area contributed by atoms with Crippen LogP contribution >= 0.6 is 0 Å². The highest BCUT2D eigenvalue weighted by Gasteiger charge is 2.12. The molecule has 7 aromatic rings. The van der Waals surface area contributed by atoms with Crippen LogP contribution in [0.1, 0.15) is 11.7 Å². The highest BCUT2D eigenvalue weighted by atomic mass is 14.9. The second-order valence-electron chi connectivity index (χ2n) is 10.5. The molecule has 42 heavy (non-hydrogen) atoms. The molecule has 4 heteroatoms. The summed E-state index contributed by atoms with van der Waals surface area (Å²) in [6.45, 7) is 0. The summed E-state index contributed by atoms with van der Waals surface area (Å²) in [4.78, 5) is 13.9. The highest BCUT2D eigenvalue weighted by molar-refractivity contribution is 6.26. The first kappa shape index (κ1) is 24.2. The molecule has 0 amide bonds. The standard InChI is InChI=1S/C38H25N4/c1-2-8-30-29(7-1)31-15-11-25(27-13-17-37(41-23-27)35-9-3-5-19-39-35)21-33(31)34-22-26(12-16-32(30)34)28-14-18-38(42-24-28)36-10-4-6-20-40-36/h1-24,35H/q-1. The molecule has 0 aliphatic carbocycles. The van der Waals surface area contributed by atoms with E-state index in [1.54, 1.807) is 6.20 Å². The van der Waals surface area contributed by atoms with Crippen molar-refractivity contribution >= 4 is 32.3 Å². The zero-order chi connectivity index (χ0) is 27.9. The molecule has 0 radical (unpaired) electrons. The molecule has 0 spiro atoms. The minimum atomic E-state index is -0.0260. The fourth-order valence-electron chi connectivity index (χ4n) is 5.88. The SMILES string of the molecule is C1=C[N-]C(c2ccc(-c3ccc4c5ccccc5c5ccc(-c6ccc(-c7ccccn7)nc6)cc5c4c3)cn2)C=C1. The third-order valence-electron chi connectivity index (χ3n) is 8.02. The van der Waals surface area contributed by atoms with Crippen molar-refractivity contribution in [1.82, 2.24) is 15.0 Å². The third kappa shape index (κ3) is 4.21. The van der Waals surface area contributed by atoms with E-state index in [1.807, 2.05) is 55.0 Å². The quantitative estimate of drug-likeness (QED) is 0.210. The van der Waals surface area contributed by atoms with Gasteiger partial charge in [0.2, 0.25) is 0 Å². The lowest BCUT2D eigenvalue weighted by molar-refractivity contribution is 0.956. The molecular weight excluding hydrogens is 512 g/mol. The van der Waals surface area contributed by atoms with Gasteiger partial charge >= 0.3 is 0 Å². The summed E-state index contributed by atoms with van der Waals surface area (Å²) in [6.07, 6.45) is 13.5. The predicted octanol–water partition coefficient (Wildman–Crippen LogP) is 9.83. The van der Waals surface area contributed by atoms with Gasteiger partial charge in [-0.15, -0.1) is 0 Å². The van der Waals surface area contributed by atoms with Crippen LogP contribution in [-0.4, -0.2) is 15.0 Å². The molecule has 0 fully saturated rings. The van der Waals surface area contributed by atoms with E-state index in [-0.39, 0.29) is 6.04 Å². The summed E-state index contributed by atoms with van der Waals surface area (Å²) in [5.74, 6) is 0. The van der Waals surface area contributed by atoms with Crippen molar-refractivity contribution in [2.45, 2.75) is 6.04 Å². The van der Waals surface area contributed by atoms with Gasteiger partial charge in [0.1, 0.15) is 0 Å². The lowest BCUT2D eigenvalue weighted by atomic mass is 9.90. The first-order valence-corrected chi connectivity index (χ1v) is 14.1. The summed E-state index contributed by atoms with van der Waals surface area (Å²) in [5.41, 5.74) is 7.12. The average molecular weight is 538 g/mol. The van der Waals surface area contributed by atoms with Crippen molar-refractivity contribution in [2.24, 2.45) is 0 Å². The van der Waals surface area contributed by atoms with Crippen molar-refractivity contribution < 1.29 is 0 Å². The first-order chi connectivity index (χ1) is 20.8. The zero-order valence-corrected chi connectivity index (χ0v) is 22.7. The fraction of sp³-hybridized carbons (Fsp3) is 0.0263. The van der Waals surface area contributed by atoms with E-state index in [1.165, 1.54) is 32.3 Å². The van der Waals surface area contributed by atoms with Crippen molar-refractivity contribution in [1.29, 1.82) is 0 Å². The van der Waals surface area contributed by atoms with Gasteiger partial charge in [-0.05, 0) is 79.8 Å². The van der Waals surface area contributed by atoms with E-state index < -0.39 is 0 Å². The second kappa shape index (κ2) is 10.1. The molecule has 1 unspecified atom stereocenters. The van der Waals surface area contributed by atoms with E-state index in [0.717, 1.165) is 39.3 Å². The van der Waals surface area contributed by atoms with Gasteiger partial charge in [-0.25, -0.2) is 0 Å². The number of aromatic nitrogens is 3. The van der Waals surface area contributed by atoms with Crippen LogP contribution in [0.3, 0.4) is 0 Å². The molecule has 1 aliphatic heterocycles. The number of benzene rings is 4. The van der Waals surface area contributed by atoms with Gasteiger partial charge < -0.3 is 5.32 Å². The van der Waals surface area contributed by atoms with Crippen LogP contribution < -0.4 is 0 Å². The van der Waals surface area contributed by atoms with Gasteiger partial charge in [-0.1, -0.05) is 91.0 Å². The Morgan fingerprint density at radius 1 is 0.476 bits per heavy atom. The van der Waals surface area contributed by atoms with E-state index in [2.05, 4.69) is 95.2 Å². The first-order valence-electron chi connectivity index (χ1n) is 14.1. The Hall–Kier alpha value is -5.61. The van der Waals surface area contributed by atoms with Gasteiger partial charge in [0.15, 0.2) is 0 Å². The molecule has 1 atom stereocenters. The molecule has 0 N–H and O–H groups in total. The number of hydrogen-bond donors (Lipinski definition) is 0. The van der Waals surface area contributed by atoms with E-state index in [9.17, 15) is 0 Å². The fourth-order valence-corrected chi connectivity index (χ4v) is 5.88. The van der Waals surface area contributed by atoms with Crippen LogP contribution in [0.5, 0.6) is 0 Å². The number of hydrogen-bond acceptors (Lipinski definition) is 3. The largest absolute Gasteiger partial charge is 0.680 e. The molecule has 198 valence electrons. The second-order valence-corrected chi connectivity index (χ2v) is 10.5. The van der Waals surface area contributed by atoms with Gasteiger partial charge in [-0.2, -0.15) is 6.20 Å². The van der Waals surface area contributed by atoms with E-state index in [4.69, 9.17) is 9.97 Å². The molecule has 0 saturated heterocycles. The predicted molar refractivity (Wildman–Crippen MR) is 173 cm³/mol. The lowest BCUT2D eigenvalue weighted by Gasteiger charge is -2.28. The number of allylic oxidation sites excluding steroid dienone is 2. The maximum absolute atomic E-state index is 4.76. The summed E-state index contributed by atoms with van der Waals surface area (Å²) in [5, 5.41) is 12.0. The van der Waals surface area contributed by atoms with Crippen LogP contribution in [-0.2, 0) is 0 Å². The van der Waals surface area contributed by atoms with Gasteiger partial charge in [-0.3, -0.25) is 15.0 Å². The Kier molecular flexibility index (Phi) is 5.82. The molecule has 0 saturated carbocycles. The molecule has 0 bridgehead atoms. The molecule has 4 aromatic carbocycles. The number of pyridine rings is 3. The van der Waals surface area contributed by atoms with Crippen molar-refractivity contribution in [3.05, 3.63) is 157 Å². The topological polar surface area (TPSA) is 52.8 Å². The maximum Gasteiger partial charge on any atom is 0.0886 e. The minimum absolute atomic E-state index is 0.0260. The van der Waals surface area contributed by atoms with Crippen LogP contribution in [0.4, 0.5) is 0 Å². The summed E-state index contributed by atoms with van der Waals surface area (Å²) < 4.78 is 0. The smallest absolute Gasteiger partial charge is 0.0886 e. The van der Waals surface area contributed by atoms with Gasteiger partial charge in [0.05, 0.1) is 11.4 Å². The molecule has 4 nitrogen and oxygen atoms in total. The van der Waals surface area contributed by atoms with Crippen LogP contribution in [0.2, 0.25) is 0 Å². The van der Waals surface area contributed by atoms with Crippen molar-refractivity contribution in [3.63, 3.8) is 0 Å². The van der Waals surface area contributed by atoms with Crippen LogP contribution in [0.25, 0.3) is 71.3 Å². The molecule has 3 aromatic heterocycles. The van der Waals surface area contributed by atoms with E-state index in [0.29, 0.717) is 0 Å². The zero-order valence-electron chi connectivity index (χ0n) is 22.7. The molecule has 8 rings (SSSR count). The molecule has 4 heterocycles. The summed E-state index contributed by atoms with van der Waals surface area (Å²) >= 11 is 0. The van der Waals surface area contributed by atoms with E-state index >= 15 is 0 Å². The lowest BCUT2D eigenvalue weighted by Crippen LogP contribution is -1.97. The molecule has 1 aliphatic rings. The normalized spacial score (nSPS) is 14.4. The van der Waals surface area contributed by atoms with Crippen molar-refractivity contribution in [2.75, 3.05) is 0 Å². The van der Waals surface area contributed by atoms with Crippen LogP contribution in [0.15, 0.2) is 146 Å². The number of nitrogens with zero attached hydrogens (tertiary/aromatic N) is 4. The van der Waals surface area contributed by atoms with Gasteiger partial charge in [0, 0.05) is 35.4 Å². The summed E-state index contributed by atoms with van der Waals surface area (Å²) in [7, 11) is 0. The minimum Gasteiger partial charge on any atom is -0.680 e. The Morgan fingerprint density at radius 2 is 1.10 bits per heavy atom. The maximum atomic E-state index is 4.76. The Balaban J connectivity index is 1.25. The van der Waals surface area contributed by atoms with Crippen molar-refractivity contribution in [3.8, 4) is 33.6 Å². The Morgan fingerprint density at radius 3 is 1.67 bits per heavy atom. The Bertz CT molecular complexity index is 2150. The number of rotatable bonds is 4. The summed E-state index contributed by atoms with van der Waals surface area (Å²) in [6, 6.07) is 36.4. The Labute approximate surface area is 243 Å². The number of fused-ring (bicyclic) bond motifs is 6. The average Bonchev–Trinajstić information content (AvgIpc) is 3.09. The molecular formula is C38H25N4-. The van der Waals surface area contributed by atoms with Gasteiger partial charge in [0.25, 0.3) is 0 Å². The third-order valence-corrected chi connectivity index (χ3v) is 8.02.